The predicted molar refractivity (Wildman–Crippen MR) is 67.2 cm³/mol. The van der Waals surface area contributed by atoms with Gasteiger partial charge in [0, 0.05) is 12.1 Å². The van der Waals surface area contributed by atoms with Crippen LogP contribution in [0.25, 0.3) is 0 Å². The molecule has 0 aromatic heterocycles. The second kappa shape index (κ2) is 6.23. The molecule has 17 heavy (non-hydrogen) atoms. The average molecular weight is 237 g/mol. The summed E-state index contributed by atoms with van der Waals surface area (Å²) in [6, 6.07) is 6.20. The van der Waals surface area contributed by atoms with E-state index in [2.05, 4.69) is 20.8 Å². The Morgan fingerprint density at radius 1 is 1.24 bits per heavy atom. The SMILES string of the molecule is CC(C)C[C@H](C)COc1ccc([N+](=O)[O-])cc1. The maximum absolute atomic E-state index is 10.5. The number of hydrogen-bond donors (Lipinski definition) is 0. The largest absolute Gasteiger partial charge is 0.493 e. The molecule has 0 amide bonds. The molecule has 0 saturated heterocycles. The van der Waals surface area contributed by atoms with Gasteiger partial charge in [-0.3, -0.25) is 10.1 Å². The van der Waals surface area contributed by atoms with Crippen LogP contribution in [0, 0.1) is 22.0 Å². The molecule has 94 valence electrons. The topological polar surface area (TPSA) is 52.4 Å². The van der Waals surface area contributed by atoms with Gasteiger partial charge in [-0.05, 0) is 30.4 Å². The maximum Gasteiger partial charge on any atom is 0.269 e. The van der Waals surface area contributed by atoms with Crippen molar-refractivity contribution < 1.29 is 9.66 Å². The highest BCUT2D eigenvalue weighted by atomic mass is 16.6. The van der Waals surface area contributed by atoms with E-state index in [-0.39, 0.29) is 5.69 Å². The lowest BCUT2D eigenvalue weighted by Crippen LogP contribution is -2.10. The summed E-state index contributed by atoms with van der Waals surface area (Å²) in [4.78, 5) is 10.1. The molecule has 0 radical (unpaired) electrons. The Hall–Kier alpha value is -1.58. The van der Waals surface area contributed by atoms with Gasteiger partial charge >= 0.3 is 0 Å². The Bertz CT molecular complexity index is 359. The summed E-state index contributed by atoms with van der Waals surface area (Å²) in [7, 11) is 0. The van der Waals surface area contributed by atoms with Crippen molar-refractivity contribution in [2.24, 2.45) is 11.8 Å². The van der Waals surface area contributed by atoms with Gasteiger partial charge < -0.3 is 4.74 Å². The van der Waals surface area contributed by atoms with Crippen molar-refractivity contribution in [3.63, 3.8) is 0 Å². The number of nitro benzene ring substituents is 1. The number of nitrogens with zero attached hydrogens (tertiary/aromatic N) is 1. The number of non-ortho nitro benzene ring substituents is 1. The zero-order valence-electron chi connectivity index (χ0n) is 10.6. The van der Waals surface area contributed by atoms with Gasteiger partial charge in [-0.15, -0.1) is 0 Å². The van der Waals surface area contributed by atoms with Crippen LogP contribution in [0.4, 0.5) is 5.69 Å². The van der Waals surface area contributed by atoms with Crippen LogP contribution in [-0.4, -0.2) is 11.5 Å². The standard InChI is InChI=1S/C13H19NO3/c1-10(2)8-11(3)9-17-13-6-4-12(5-7-13)14(15)16/h4-7,10-11H,8-9H2,1-3H3/t11-/m0/s1. The molecule has 1 atom stereocenters. The predicted octanol–water partition coefficient (Wildman–Crippen LogP) is 3.66. The van der Waals surface area contributed by atoms with Gasteiger partial charge in [0.05, 0.1) is 11.5 Å². The van der Waals surface area contributed by atoms with E-state index in [1.807, 2.05) is 0 Å². The maximum atomic E-state index is 10.5. The minimum atomic E-state index is -0.412. The summed E-state index contributed by atoms with van der Waals surface area (Å²) in [5, 5.41) is 10.5. The minimum absolute atomic E-state index is 0.0904. The molecular formula is C13H19NO3. The van der Waals surface area contributed by atoms with E-state index < -0.39 is 4.92 Å². The lowest BCUT2D eigenvalue weighted by Gasteiger charge is -2.14. The van der Waals surface area contributed by atoms with Crippen LogP contribution >= 0.6 is 0 Å². The van der Waals surface area contributed by atoms with Crippen molar-refractivity contribution >= 4 is 5.69 Å². The third-order valence-electron chi connectivity index (χ3n) is 2.46. The first kappa shape index (κ1) is 13.5. The molecule has 4 heteroatoms. The summed E-state index contributed by atoms with van der Waals surface area (Å²) >= 11 is 0. The summed E-state index contributed by atoms with van der Waals surface area (Å²) in [6.45, 7) is 7.16. The minimum Gasteiger partial charge on any atom is -0.493 e. The van der Waals surface area contributed by atoms with Gasteiger partial charge in [0.25, 0.3) is 5.69 Å². The molecule has 0 aliphatic heterocycles. The monoisotopic (exact) mass is 237 g/mol. The van der Waals surface area contributed by atoms with E-state index in [4.69, 9.17) is 4.74 Å². The zero-order valence-corrected chi connectivity index (χ0v) is 10.6. The highest BCUT2D eigenvalue weighted by Crippen LogP contribution is 2.19. The Morgan fingerprint density at radius 2 is 1.82 bits per heavy atom. The van der Waals surface area contributed by atoms with E-state index in [0.717, 1.165) is 6.42 Å². The Balaban J connectivity index is 2.44. The fourth-order valence-electron chi connectivity index (χ4n) is 1.78. The van der Waals surface area contributed by atoms with Crippen molar-refractivity contribution in [2.75, 3.05) is 6.61 Å². The molecule has 1 rings (SSSR count). The lowest BCUT2D eigenvalue weighted by molar-refractivity contribution is -0.384. The fraction of sp³-hybridized carbons (Fsp3) is 0.538. The van der Waals surface area contributed by atoms with Crippen LogP contribution in [0.2, 0.25) is 0 Å². The van der Waals surface area contributed by atoms with Gasteiger partial charge in [0.2, 0.25) is 0 Å². The quantitative estimate of drug-likeness (QED) is 0.560. The van der Waals surface area contributed by atoms with Crippen LogP contribution < -0.4 is 4.74 Å². The summed E-state index contributed by atoms with van der Waals surface area (Å²) < 4.78 is 5.58. The van der Waals surface area contributed by atoms with Gasteiger partial charge in [-0.2, -0.15) is 0 Å². The highest BCUT2D eigenvalue weighted by Gasteiger charge is 2.07. The van der Waals surface area contributed by atoms with E-state index in [1.54, 1.807) is 12.1 Å². The van der Waals surface area contributed by atoms with E-state index in [9.17, 15) is 10.1 Å². The third-order valence-corrected chi connectivity index (χ3v) is 2.46. The fourth-order valence-corrected chi connectivity index (χ4v) is 1.78. The number of hydrogen-bond acceptors (Lipinski definition) is 3. The van der Waals surface area contributed by atoms with Crippen LogP contribution in [0.1, 0.15) is 27.2 Å². The number of ether oxygens (including phenoxy) is 1. The van der Waals surface area contributed by atoms with Crippen molar-refractivity contribution in [3.05, 3.63) is 34.4 Å². The first-order chi connectivity index (χ1) is 7.99. The number of benzene rings is 1. The van der Waals surface area contributed by atoms with Gasteiger partial charge in [0.1, 0.15) is 5.75 Å². The summed E-state index contributed by atoms with van der Waals surface area (Å²) in [5.74, 6) is 1.84. The van der Waals surface area contributed by atoms with Crippen LogP contribution in [-0.2, 0) is 0 Å². The molecule has 0 aliphatic rings. The van der Waals surface area contributed by atoms with Crippen molar-refractivity contribution in [3.8, 4) is 5.75 Å². The summed E-state index contributed by atoms with van der Waals surface area (Å²) in [6.07, 6.45) is 1.12. The average Bonchev–Trinajstić information content (AvgIpc) is 2.26. The van der Waals surface area contributed by atoms with Gasteiger partial charge in [-0.25, -0.2) is 0 Å². The highest BCUT2D eigenvalue weighted by molar-refractivity contribution is 5.35. The molecule has 0 aliphatic carbocycles. The van der Waals surface area contributed by atoms with Crippen molar-refractivity contribution in [1.82, 2.24) is 0 Å². The van der Waals surface area contributed by atoms with E-state index in [1.165, 1.54) is 12.1 Å². The van der Waals surface area contributed by atoms with E-state index in [0.29, 0.717) is 24.2 Å². The second-order valence-electron chi connectivity index (χ2n) is 4.80. The molecule has 0 bridgehead atoms. The van der Waals surface area contributed by atoms with Gasteiger partial charge in [0.15, 0.2) is 0 Å². The molecule has 0 unspecified atom stereocenters. The zero-order chi connectivity index (χ0) is 12.8. The van der Waals surface area contributed by atoms with E-state index >= 15 is 0 Å². The first-order valence-electron chi connectivity index (χ1n) is 5.86. The smallest absolute Gasteiger partial charge is 0.269 e. The lowest BCUT2D eigenvalue weighted by atomic mass is 10.00. The second-order valence-corrected chi connectivity index (χ2v) is 4.80. The molecule has 0 fully saturated rings. The van der Waals surface area contributed by atoms with Crippen LogP contribution in [0.5, 0.6) is 5.75 Å². The van der Waals surface area contributed by atoms with Crippen LogP contribution in [0.3, 0.4) is 0 Å². The Kier molecular flexibility index (Phi) is 4.94. The molecule has 1 aromatic carbocycles. The molecular weight excluding hydrogens is 218 g/mol. The number of rotatable bonds is 6. The number of nitro groups is 1. The molecule has 1 aromatic rings. The van der Waals surface area contributed by atoms with Crippen LogP contribution in [0.15, 0.2) is 24.3 Å². The van der Waals surface area contributed by atoms with Crippen molar-refractivity contribution in [1.29, 1.82) is 0 Å². The Labute approximate surface area is 102 Å². The first-order valence-corrected chi connectivity index (χ1v) is 5.86. The summed E-state index contributed by atoms with van der Waals surface area (Å²) in [5.41, 5.74) is 0.0904. The normalized spacial score (nSPS) is 12.5. The molecule has 0 saturated carbocycles. The molecule has 0 heterocycles. The molecule has 0 N–H and O–H groups in total. The molecule has 0 spiro atoms. The Morgan fingerprint density at radius 3 is 2.29 bits per heavy atom. The molecule has 4 nitrogen and oxygen atoms in total. The van der Waals surface area contributed by atoms with Crippen molar-refractivity contribution in [2.45, 2.75) is 27.2 Å². The van der Waals surface area contributed by atoms with Gasteiger partial charge in [-0.1, -0.05) is 20.8 Å². The third kappa shape index (κ3) is 4.85.